The molecule has 1 aromatic rings. The molecule has 2 aliphatic carbocycles. The van der Waals surface area contributed by atoms with Gasteiger partial charge in [-0.3, -0.25) is 19.6 Å². The average molecular weight is 432 g/mol. The van der Waals surface area contributed by atoms with Gasteiger partial charge in [0, 0.05) is 18.9 Å². The molecule has 2 heterocycles. The van der Waals surface area contributed by atoms with Crippen LogP contribution in [0.15, 0.2) is 18.3 Å². The Balaban J connectivity index is 1.50. The zero-order valence-electron chi connectivity index (χ0n) is 17.5. The number of carbonyl (C=O) groups is 3. The summed E-state index contributed by atoms with van der Waals surface area (Å²) in [5.74, 6) is -1.58. The molecule has 3 N–H and O–H groups in total. The summed E-state index contributed by atoms with van der Waals surface area (Å²) in [5.41, 5.74) is 1.61. The number of amides is 3. The van der Waals surface area contributed by atoms with Gasteiger partial charge < -0.3 is 10.2 Å². The maximum atomic E-state index is 13.5. The molecule has 2 atom stereocenters. The van der Waals surface area contributed by atoms with E-state index in [0.717, 1.165) is 44.7 Å². The van der Waals surface area contributed by atoms with Crippen LogP contribution in [0.4, 0.5) is 10.2 Å². The third-order valence-corrected chi connectivity index (χ3v) is 7.03. The number of hydroxylamine groups is 1. The van der Waals surface area contributed by atoms with E-state index in [0.29, 0.717) is 25.3 Å². The molecule has 0 bridgehead atoms. The molecule has 1 spiro atoms. The van der Waals surface area contributed by atoms with Crippen molar-refractivity contribution in [3.05, 3.63) is 24.1 Å². The second-order valence-corrected chi connectivity index (χ2v) is 9.36. The number of hydrogen-bond donors (Lipinski definition) is 3. The Morgan fingerprint density at radius 3 is 2.61 bits per heavy atom. The molecule has 0 aromatic carbocycles. The largest absolute Gasteiger partial charge is 0.330 e. The van der Waals surface area contributed by atoms with Crippen LogP contribution in [0.3, 0.4) is 0 Å². The second-order valence-electron chi connectivity index (χ2n) is 9.36. The van der Waals surface area contributed by atoms with Crippen molar-refractivity contribution < 1.29 is 24.0 Å². The van der Waals surface area contributed by atoms with Crippen molar-refractivity contribution in [3.8, 4) is 0 Å². The number of carbonyl (C=O) groups excluding carboxylic acids is 3. The van der Waals surface area contributed by atoms with Gasteiger partial charge >= 0.3 is 0 Å². The third-order valence-electron chi connectivity index (χ3n) is 7.03. The van der Waals surface area contributed by atoms with Crippen molar-refractivity contribution in [1.82, 2.24) is 15.4 Å². The van der Waals surface area contributed by atoms with Gasteiger partial charge in [-0.2, -0.15) is 0 Å². The van der Waals surface area contributed by atoms with Gasteiger partial charge in [0.25, 0.3) is 0 Å². The van der Waals surface area contributed by atoms with Crippen LogP contribution in [0.2, 0.25) is 0 Å². The summed E-state index contributed by atoms with van der Waals surface area (Å²) >= 11 is 0. The Labute approximate surface area is 180 Å². The van der Waals surface area contributed by atoms with Gasteiger partial charge in [0.1, 0.15) is 17.7 Å². The highest BCUT2D eigenvalue weighted by Crippen LogP contribution is 2.55. The Kier molecular flexibility index (Phi) is 6.22. The van der Waals surface area contributed by atoms with Crippen molar-refractivity contribution in [3.63, 3.8) is 0 Å². The van der Waals surface area contributed by atoms with Gasteiger partial charge in [0.05, 0.1) is 6.20 Å². The third kappa shape index (κ3) is 5.03. The fraction of sp³-hybridized carbons (Fsp3) is 0.636. The van der Waals surface area contributed by atoms with Crippen molar-refractivity contribution in [2.24, 2.45) is 17.3 Å². The molecule has 9 heteroatoms. The maximum Gasteiger partial charge on any atom is 0.248 e. The predicted octanol–water partition coefficient (Wildman–Crippen LogP) is 2.63. The number of halogens is 1. The van der Waals surface area contributed by atoms with Gasteiger partial charge in [-0.1, -0.05) is 25.7 Å². The Morgan fingerprint density at radius 1 is 1.26 bits per heavy atom. The smallest absolute Gasteiger partial charge is 0.248 e. The molecule has 3 fully saturated rings. The van der Waals surface area contributed by atoms with Crippen molar-refractivity contribution in [2.75, 3.05) is 11.9 Å². The summed E-state index contributed by atoms with van der Waals surface area (Å²) in [7, 11) is 0. The van der Waals surface area contributed by atoms with Gasteiger partial charge in [0.15, 0.2) is 0 Å². The molecule has 3 amide bonds. The summed E-state index contributed by atoms with van der Waals surface area (Å²) in [4.78, 5) is 43.9. The van der Waals surface area contributed by atoms with Gasteiger partial charge in [-0.15, -0.1) is 0 Å². The topological polar surface area (TPSA) is 112 Å². The zero-order valence-corrected chi connectivity index (χ0v) is 17.5. The van der Waals surface area contributed by atoms with Gasteiger partial charge in [-0.05, 0) is 49.1 Å². The molecule has 2 saturated carbocycles. The lowest BCUT2D eigenvalue weighted by atomic mass is 9.89. The molecular formula is C22H29FN4O4. The molecule has 4 rings (SSSR count). The summed E-state index contributed by atoms with van der Waals surface area (Å²) in [6, 6.07) is 1.95. The molecule has 1 aliphatic heterocycles. The SMILES string of the molecule is O=C(CC(CC1CCCC1)C(=O)N1CC2(CC2)CC1C(=O)Nc1ccc(F)cn1)NO. The zero-order chi connectivity index (χ0) is 22.0. The van der Waals surface area contributed by atoms with Crippen LogP contribution >= 0.6 is 0 Å². The van der Waals surface area contributed by atoms with Crippen molar-refractivity contribution >= 4 is 23.5 Å². The van der Waals surface area contributed by atoms with E-state index < -0.39 is 23.7 Å². The number of likely N-dealkylation sites (tertiary alicyclic amines) is 1. The van der Waals surface area contributed by atoms with E-state index in [1.807, 2.05) is 0 Å². The van der Waals surface area contributed by atoms with Gasteiger partial charge in [0.2, 0.25) is 17.7 Å². The molecule has 1 aromatic heterocycles. The van der Waals surface area contributed by atoms with E-state index in [-0.39, 0.29) is 29.5 Å². The molecular weight excluding hydrogens is 403 g/mol. The van der Waals surface area contributed by atoms with E-state index in [1.165, 1.54) is 12.1 Å². The minimum absolute atomic E-state index is 0.0228. The van der Waals surface area contributed by atoms with Crippen LogP contribution in [0.1, 0.15) is 57.8 Å². The molecule has 0 radical (unpaired) electrons. The Bertz CT molecular complexity index is 836. The van der Waals surface area contributed by atoms with Crippen LogP contribution in [0.25, 0.3) is 0 Å². The summed E-state index contributed by atoms with van der Waals surface area (Å²) in [5, 5.41) is 11.7. The highest BCUT2D eigenvalue weighted by molar-refractivity contribution is 5.98. The molecule has 2 unspecified atom stereocenters. The van der Waals surface area contributed by atoms with E-state index in [2.05, 4.69) is 10.3 Å². The quantitative estimate of drug-likeness (QED) is 0.453. The van der Waals surface area contributed by atoms with Gasteiger partial charge in [-0.25, -0.2) is 14.9 Å². The van der Waals surface area contributed by atoms with E-state index >= 15 is 0 Å². The molecule has 1 saturated heterocycles. The normalized spacial score (nSPS) is 23.0. The Morgan fingerprint density at radius 2 is 2.00 bits per heavy atom. The number of rotatable bonds is 7. The van der Waals surface area contributed by atoms with Crippen LogP contribution in [0, 0.1) is 23.1 Å². The molecule has 3 aliphatic rings. The first-order valence-corrected chi connectivity index (χ1v) is 11.0. The van der Waals surface area contributed by atoms with Crippen molar-refractivity contribution in [2.45, 2.75) is 63.8 Å². The lowest BCUT2D eigenvalue weighted by Crippen LogP contribution is -2.46. The lowest BCUT2D eigenvalue weighted by molar-refractivity contribution is -0.144. The molecule has 31 heavy (non-hydrogen) atoms. The van der Waals surface area contributed by atoms with E-state index in [9.17, 15) is 18.8 Å². The molecule has 8 nitrogen and oxygen atoms in total. The highest BCUT2D eigenvalue weighted by atomic mass is 19.1. The summed E-state index contributed by atoms with van der Waals surface area (Å²) in [6.07, 6.45) is 8.37. The number of nitrogens with zero attached hydrogens (tertiary/aromatic N) is 2. The van der Waals surface area contributed by atoms with Crippen LogP contribution in [0.5, 0.6) is 0 Å². The van der Waals surface area contributed by atoms with Crippen LogP contribution in [-0.4, -0.2) is 45.4 Å². The first kappa shape index (κ1) is 21.7. The summed E-state index contributed by atoms with van der Waals surface area (Å²) < 4.78 is 13.1. The first-order valence-electron chi connectivity index (χ1n) is 11.0. The predicted molar refractivity (Wildman–Crippen MR) is 109 cm³/mol. The van der Waals surface area contributed by atoms with Crippen LogP contribution < -0.4 is 10.8 Å². The molecule has 168 valence electrons. The standard InChI is InChI=1S/C22H29FN4O4/c23-16-5-6-18(24-12-16)25-20(29)17-11-22(7-8-22)13-27(17)21(30)15(10-19(28)26-31)9-14-3-1-2-4-14/h5-6,12,14-15,17,31H,1-4,7-11,13H2,(H,26,28)(H,24,25,29). The Hall–Kier alpha value is -2.55. The van der Waals surface area contributed by atoms with E-state index in [4.69, 9.17) is 5.21 Å². The monoisotopic (exact) mass is 432 g/mol. The fourth-order valence-electron chi connectivity index (χ4n) is 5.14. The second kappa shape index (κ2) is 8.90. The summed E-state index contributed by atoms with van der Waals surface area (Å²) in [6.45, 7) is 0.503. The minimum atomic E-state index is -0.648. The minimum Gasteiger partial charge on any atom is -0.330 e. The number of hydrogen-bond acceptors (Lipinski definition) is 5. The lowest BCUT2D eigenvalue weighted by Gasteiger charge is -2.29. The maximum absolute atomic E-state index is 13.5. The van der Waals surface area contributed by atoms with E-state index in [1.54, 1.807) is 10.4 Å². The number of nitrogens with one attached hydrogen (secondary N) is 2. The number of pyridine rings is 1. The van der Waals surface area contributed by atoms with Crippen LogP contribution in [-0.2, 0) is 14.4 Å². The fourth-order valence-corrected chi connectivity index (χ4v) is 5.14. The number of aromatic nitrogens is 1. The first-order chi connectivity index (χ1) is 14.9. The number of anilines is 1. The van der Waals surface area contributed by atoms with Crippen molar-refractivity contribution in [1.29, 1.82) is 0 Å². The average Bonchev–Trinajstić information content (AvgIpc) is 3.13. The highest BCUT2D eigenvalue weighted by Gasteiger charge is 2.55.